The number of rotatable bonds is 5. The molecule has 1 aromatic rings. The second-order valence-corrected chi connectivity index (χ2v) is 7.58. The molecule has 0 radical (unpaired) electrons. The summed E-state index contributed by atoms with van der Waals surface area (Å²) in [6.07, 6.45) is 2.18. The van der Waals surface area contributed by atoms with Crippen molar-refractivity contribution >= 4 is 34.3 Å². The SMILES string of the molecule is COCCOC(=O)C1=C(C)NC2=C(C(=O)CCC2)[C@@H]1c1ccccc1I. The van der Waals surface area contributed by atoms with Gasteiger partial charge in [-0.05, 0) is 54.0 Å². The van der Waals surface area contributed by atoms with E-state index >= 15 is 0 Å². The van der Waals surface area contributed by atoms with Gasteiger partial charge in [0.25, 0.3) is 0 Å². The van der Waals surface area contributed by atoms with Gasteiger partial charge in [-0.3, -0.25) is 4.79 Å². The number of nitrogens with one attached hydrogen (secondary N) is 1. The lowest BCUT2D eigenvalue weighted by atomic mass is 9.75. The zero-order valence-corrected chi connectivity index (χ0v) is 17.1. The highest BCUT2D eigenvalue weighted by Crippen LogP contribution is 2.43. The molecule has 138 valence electrons. The molecule has 2 aliphatic rings. The summed E-state index contributed by atoms with van der Waals surface area (Å²) in [4.78, 5) is 25.6. The van der Waals surface area contributed by atoms with Gasteiger partial charge in [0.05, 0.1) is 12.2 Å². The van der Waals surface area contributed by atoms with Gasteiger partial charge >= 0.3 is 5.97 Å². The Bertz CT molecular complexity index is 797. The van der Waals surface area contributed by atoms with E-state index in [0.29, 0.717) is 24.2 Å². The van der Waals surface area contributed by atoms with Crippen LogP contribution >= 0.6 is 22.6 Å². The molecule has 1 N–H and O–H groups in total. The molecule has 3 rings (SSSR count). The zero-order chi connectivity index (χ0) is 18.7. The van der Waals surface area contributed by atoms with E-state index in [-0.39, 0.29) is 18.3 Å². The Balaban J connectivity index is 2.07. The topological polar surface area (TPSA) is 64.6 Å². The van der Waals surface area contributed by atoms with E-state index in [9.17, 15) is 9.59 Å². The van der Waals surface area contributed by atoms with Gasteiger partial charge in [-0.15, -0.1) is 0 Å². The molecule has 0 saturated carbocycles. The lowest BCUT2D eigenvalue weighted by Crippen LogP contribution is -2.35. The molecule has 1 atom stereocenters. The highest BCUT2D eigenvalue weighted by Gasteiger charge is 2.39. The minimum Gasteiger partial charge on any atom is -0.460 e. The number of halogens is 1. The second kappa shape index (κ2) is 8.35. The Morgan fingerprint density at radius 2 is 2.04 bits per heavy atom. The van der Waals surface area contributed by atoms with E-state index in [4.69, 9.17) is 9.47 Å². The Morgan fingerprint density at radius 3 is 2.77 bits per heavy atom. The molecule has 0 unspecified atom stereocenters. The highest BCUT2D eigenvalue weighted by atomic mass is 127. The van der Waals surface area contributed by atoms with E-state index in [1.807, 2.05) is 31.2 Å². The molecule has 0 spiro atoms. The third-order valence-corrected chi connectivity index (χ3v) is 5.72. The number of carbonyl (C=O) groups is 2. The monoisotopic (exact) mass is 467 g/mol. The quantitative estimate of drug-likeness (QED) is 0.409. The van der Waals surface area contributed by atoms with E-state index in [2.05, 4.69) is 27.9 Å². The van der Waals surface area contributed by atoms with Gasteiger partial charge in [-0.1, -0.05) is 18.2 Å². The maximum Gasteiger partial charge on any atom is 0.336 e. The molecule has 1 heterocycles. The number of carbonyl (C=O) groups excluding carboxylic acids is 2. The molecule has 5 nitrogen and oxygen atoms in total. The first-order valence-electron chi connectivity index (χ1n) is 8.69. The summed E-state index contributed by atoms with van der Waals surface area (Å²) in [7, 11) is 1.56. The van der Waals surface area contributed by atoms with E-state index < -0.39 is 5.97 Å². The predicted octanol–water partition coefficient (Wildman–Crippen LogP) is 3.45. The van der Waals surface area contributed by atoms with Crippen LogP contribution in [0.3, 0.4) is 0 Å². The van der Waals surface area contributed by atoms with Crippen molar-refractivity contribution in [2.24, 2.45) is 0 Å². The van der Waals surface area contributed by atoms with Crippen LogP contribution in [0.15, 0.2) is 46.8 Å². The fourth-order valence-electron chi connectivity index (χ4n) is 3.57. The van der Waals surface area contributed by atoms with Crippen LogP contribution in [0.25, 0.3) is 0 Å². The lowest BCUT2D eigenvalue weighted by molar-refractivity contribution is -0.140. The summed E-state index contributed by atoms with van der Waals surface area (Å²) in [6, 6.07) is 7.88. The van der Waals surface area contributed by atoms with Crippen LogP contribution in [0.1, 0.15) is 37.7 Å². The first kappa shape index (κ1) is 19.1. The summed E-state index contributed by atoms with van der Waals surface area (Å²) in [5.74, 6) is -0.679. The average molecular weight is 467 g/mol. The van der Waals surface area contributed by atoms with Crippen molar-refractivity contribution in [2.75, 3.05) is 20.3 Å². The molecule has 0 saturated heterocycles. The van der Waals surface area contributed by atoms with Crippen molar-refractivity contribution in [3.63, 3.8) is 0 Å². The Kier molecular flexibility index (Phi) is 6.13. The molecule has 0 fully saturated rings. The molecule has 6 heteroatoms. The molecule has 1 aromatic carbocycles. The molecule has 0 amide bonds. The highest BCUT2D eigenvalue weighted by molar-refractivity contribution is 14.1. The van der Waals surface area contributed by atoms with Crippen LogP contribution < -0.4 is 5.32 Å². The number of ether oxygens (including phenoxy) is 2. The molecule has 26 heavy (non-hydrogen) atoms. The maximum absolute atomic E-state index is 12.8. The third kappa shape index (κ3) is 3.71. The Hall–Kier alpha value is -1.67. The van der Waals surface area contributed by atoms with Crippen LogP contribution in [-0.4, -0.2) is 32.1 Å². The lowest BCUT2D eigenvalue weighted by Gasteiger charge is -2.34. The number of allylic oxidation sites excluding steroid dienone is 3. The maximum atomic E-state index is 12.8. The third-order valence-electron chi connectivity index (χ3n) is 4.73. The number of hydrogen-bond acceptors (Lipinski definition) is 5. The van der Waals surface area contributed by atoms with Crippen molar-refractivity contribution in [1.82, 2.24) is 5.32 Å². The van der Waals surface area contributed by atoms with Gasteiger partial charge in [0, 0.05) is 40.0 Å². The van der Waals surface area contributed by atoms with Gasteiger partial charge in [0.15, 0.2) is 5.78 Å². The zero-order valence-electron chi connectivity index (χ0n) is 14.9. The van der Waals surface area contributed by atoms with Crippen LogP contribution in [-0.2, 0) is 19.1 Å². The second-order valence-electron chi connectivity index (χ2n) is 6.42. The summed E-state index contributed by atoms with van der Waals surface area (Å²) >= 11 is 2.26. The van der Waals surface area contributed by atoms with Gasteiger partial charge < -0.3 is 14.8 Å². The summed E-state index contributed by atoms with van der Waals surface area (Å²) in [6.45, 7) is 2.40. The minimum atomic E-state index is -0.401. The Labute approximate surface area is 167 Å². The number of benzene rings is 1. The van der Waals surface area contributed by atoms with Gasteiger partial charge in [-0.25, -0.2) is 4.79 Å². The number of dihydropyridines is 1. The van der Waals surface area contributed by atoms with E-state index in [1.165, 1.54) is 0 Å². The molecular weight excluding hydrogens is 445 g/mol. The smallest absolute Gasteiger partial charge is 0.336 e. The Morgan fingerprint density at radius 1 is 1.27 bits per heavy atom. The van der Waals surface area contributed by atoms with Crippen molar-refractivity contribution in [3.05, 3.63) is 55.9 Å². The van der Waals surface area contributed by atoms with Crippen molar-refractivity contribution in [1.29, 1.82) is 0 Å². The molecule has 1 aliphatic heterocycles. The van der Waals surface area contributed by atoms with Gasteiger partial charge in [-0.2, -0.15) is 0 Å². The first-order chi connectivity index (χ1) is 12.5. The predicted molar refractivity (Wildman–Crippen MR) is 106 cm³/mol. The van der Waals surface area contributed by atoms with Gasteiger partial charge in [0.2, 0.25) is 0 Å². The van der Waals surface area contributed by atoms with E-state index in [0.717, 1.165) is 33.4 Å². The molecule has 0 bridgehead atoms. The van der Waals surface area contributed by atoms with Crippen LogP contribution in [0, 0.1) is 3.57 Å². The van der Waals surface area contributed by atoms with Crippen LogP contribution in [0.4, 0.5) is 0 Å². The largest absolute Gasteiger partial charge is 0.460 e. The summed E-state index contributed by atoms with van der Waals surface area (Å²) in [5, 5.41) is 3.29. The van der Waals surface area contributed by atoms with Crippen molar-refractivity contribution in [2.45, 2.75) is 32.1 Å². The molecular formula is C20H22INO4. The van der Waals surface area contributed by atoms with E-state index in [1.54, 1.807) is 7.11 Å². The number of hydrogen-bond donors (Lipinski definition) is 1. The summed E-state index contributed by atoms with van der Waals surface area (Å²) < 4.78 is 11.4. The summed E-state index contributed by atoms with van der Waals surface area (Å²) in [5.41, 5.74) is 3.89. The fourth-order valence-corrected chi connectivity index (χ4v) is 4.27. The first-order valence-corrected chi connectivity index (χ1v) is 9.77. The number of Topliss-reactive ketones (excluding diaryl/α,β-unsaturated/α-hetero) is 1. The van der Waals surface area contributed by atoms with Crippen molar-refractivity contribution < 1.29 is 19.1 Å². The fraction of sp³-hybridized carbons (Fsp3) is 0.400. The number of methoxy groups -OCH3 is 1. The average Bonchev–Trinajstić information content (AvgIpc) is 2.61. The normalized spacial score (nSPS) is 20.0. The van der Waals surface area contributed by atoms with Crippen LogP contribution in [0.5, 0.6) is 0 Å². The number of esters is 1. The minimum absolute atomic E-state index is 0.109. The number of ketones is 1. The van der Waals surface area contributed by atoms with Gasteiger partial charge in [0.1, 0.15) is 6.61 Å². The molecule has 1 aliphatic carbocycles. The standard InChI is InChI=1S/C20H22INO4/c1-12-17(20(24)26-11-10-25-2)18(13-6-3-4-7-14(13)21)19-15(22-12)8-5-9-16(19)23/h3-4,6-7,18,22H,5,8-11H2,1-2H3/t18-/m1/s1. The van der Waals surface area contributed by atoms with Crippen molar-refractivity contribution in [3.8, 4) is 0 Å². The van der Waals surface area contributed by atoms with Crippen LogP contribution in [0.2, 0.25) is 0 Å². The molecule has 0 aromatic heterocycles.